The molecule has 1 saturated heterocycles. The lowest BCUT2D eigenvalue weighted by molar-refractivity contribution is 0.0129. The van der Waals surface area contributed by atoms with Gasteiger partial charge in [0, 0.05) is 6.54 Å². The minimum absolute atomic E-state index is 0.0188. The van der Waals surface area contributed by atoms with E-state index in [9.17, 15) is 4.79 Å². The highest BCUT2D eigenvalue weighted by molar-refractivity contribution is 5.70. The Labute approximate surface area is 138 Å². The number of amides is 1. The molecule has 1 aliphatic carbocycles. The van der Waals surface area contributed by atoms with E-state index in [1.165, 1.54) is 5.57 Å². The molecule has 1 fully saturated rings. The van der Waals surface area contributed by atoms with Crippen LogP contribution in [0, 0.1) is 5.92 Å². The maximum atomic E-state index is 12.7. The van der Waals surface area contributed by atoms with E-state index >= 15 is 0 Å². The summed E-state index contributed by atoms with van der Waals surface area (Å²) in [6.45, 7) is 6.48. The normalized spacial score (nSPS) is 24.0. The van der Waals surface area contributed by atoms with Crippen LogP contribution >= 0.6 is 0 Å². The Morgan fingerprint density at radius 2 is 1.96 bits per heavy atom. The fraction of sp³-hybridized carbons (Fsp3) is 0.450. The molecule has 1 aliphatic heterocycles. The molecule has 0 bridgehead atoms. The maximum absolute atomic E-state index is 12.7. The van der Waals surface area contributed by atoms with Crippen LogP contribution in [0.1, 0.15) is 45.2 Å². The van der Waals surface area contributed by atoms with Gasteiger partial charge in [-0.2, -0.15) is 0 Å². The van der Waals surface area contributed by atoms with Gasteiger partial charge in [0.25, 0.3) is 0 Å². The smallest absolute Gasteiger partial charge is 0.411 e. The summed E-state index contributed by atoms with van der Waals surface area (Å²) in [4.78, 5) is 14.6. The summed E-state index contributed by atoms with van der Waals surface area (Å²) < 4.78 is 5.65. The Kier molecular flexibility index (Phi) is 4.29. The largest absolute Gasteiger partial charge is 0.444 e. The molecule has 3 rings (SSSR count). The number of likely N-dealkylation sites (tertiary alicyclic amines) is 1. The van der Waals surface area contributed by atoms with Gasteiger partial charge in [0.2, 0.25) is 0 Å². The number of hydrogen-bond acceptors (Lipinski definition) is 2. The minimum Gasteiger partial charge on any atom is -0.444 e. The van der Waals surface area contributed by atoms with Crippen molar-refractivity contribution in [2.75, 3.05) is 6.54 Å². The number of benzene rings is 1. The van der Waals surface area contributed by atoms with Crippen molar-refractivity contribution < 1.29 is 9.53 Å². The highest BCUT2D eigenvalue weighted by atomic mass is 16.6. The fourth-order valence-corrected chi connectivity index (χ4v) is 3.42. The van der Waals surface area contributed by atoms with Gasteiger partial charge in [-0.25, -0.2) is 4.79 Å². The molecule has 0 radical (unpaired) electrons. The Morgan fingerprint density at radius 1 is 1.22 bits per heavy atom. The van der Waals surface area contributed by atoms with Gasteiger partial charge in [-0.05, 0) is 50.7 Å². The van der Waals surface area contributed by atoms with Gasteiger partial charge in [-0.3, -0.25) is 4.90 Å². The predicted octanol–water partition coefficient (Wildman–Crippen LogP) is 4.87. The maximum Gasteiger partial charge on any atom is 0.411 e. The fourth-order valence-electron chi connectivity index (χ4n) is 3.42. The minimum atomic E-state index is -0.476. The molecular weight excluding hydrogens is 286 g/mol. The van der Waals surface area contributed by atoms with Crippen LogP contribution in [-0.2, 0) is 4.74 Å². The molecule has 1 amide bonds. The third kappa shape index (κ3) is 3.49. The van der Waals surface area contributed by atoms with E-state index < -0.39 is 5.60 Å². The van der Waals surface area contributed by atoms with Crippen LogP contribution in [0.2, 0.25) is 0 Å². The van der Waals surface area contributed by atoms with E-state index in [-0.39, 0.29) is 12.1 Å². The molecule has 1 aromatic rings. The van der Waals surface area contributed by atoms with E-state index in [1.807, 2.05) is 43.9 Å². The van der Waals surface area contributed by atoms with Gasteiger partial charge in [-0.15, -0.1) is 0 Å². The summed E-state index contributed by atoms with van der Waals surface area (Å²) in [5.74, 6) is 0.531. The van der Waals surface area contributed by atoms with Crippen LogP contribution in [0.5, 0.6) is 0 Å². The average Bonchev–Trinajstić information content (AvgIpc) is 2.53. The number of allylic oxidation sites excluding steroid dienone is 3. The van der Waals surface area contributed by atoms with E-state index in [2.05, 4.69) is 30.4 Å². The molecule has 1 heterocycles. The molecule has 122 valence electrons. The van der Waals surface area contributed by atoms with Crippen LogP contribution in [-0.4, -0.2) is 23.1 Å². The molecule has 3 heteroatoms. The van der Waals surface area contributed by atoms with E-state index in [0.717, 1.165) is 24.9 Å². The molecule has 23 heavy (non-hydrogen) atoms. The molecule has 2 aliphatic rings. The topological polar surface area (TPSA) is 29.5 Å². The monoisotopic (exact) mass is 311 g/mol. The van der Waals surface area contributed by atoms with Gasteiger partial charge in [0.1, 0.15) is 5.60 Å². The molecule has 0 saturated carbocycles. The summed E-state index contributed by atoms with van der Waals surface area (Å²) in [7, 11) is 0. The number of carbonyl (C=O) groups excluding carboxylic acids is 1. The summed E-state index contributed by atoms with van der Waals surface area (Å²) >= 11 is 0. The number of ether oxygens (including phenoxy) is 1. The summed E-state index contributed by atoms with van der Waals surface area (Å²) in [6, 6.07) is 10.3. The number of fused-ring (bicyclic) bond motifs is 1. The van der Waals surface area contributed by atoms with Crippen LogP contribution in [0.4, 0.5) is 4.79 Å². The quantitative estimate of drug-likeness (QED) is 0.740. The first-order chi connectivity index (χ1) is 11.0. The Morgan fingerprint density at radius 3 is 2.65 bits per heavy atom. The van der Waals surface area contributed by atoms with Crippen molar-refractivity contribution in [2.45, 2.75) is 45.3 Å². The number of carbonyl (C=O) groups is 1. The molecule has 0 N–H and O–H groups in total. The Balaban J connectivity index is 1.96. The van der Waals surface area contributed by atoms with Crippen LogP contribution in [0.3, 0.4) is 0 Å². The Bertz CT molecular complexity index is 625. The number of nitrogens with zero attached hydrogens (tertiary/aromatic N) is 1. The SMILES string of the molecule is CC(C)(C)OC(=O)N1CCC2CC=CC=C2C1c1ccccc1. The first-order valence-corrected chi connectivity index (χ1v) is 8.37. The summed E-state index contributed by atoms with van der Waals surface area (Å²) in [5.41, 5.74) is 2.01. The zero-order valence-electron chi connectivity index (χ0n) is 14.2. The number of hydrogen-bond donors (Lipinski definition) is 0. The zero-order chi connectivity index (χ0) is 16.4. The molecule has 2 atom stereocenters. The number of piperidine rings is 1. The summed E-state index contributed by atoms with van der Waals surface area (Å²) in [6.07, 6.45) is 8.36. The van der Waals surface area contributed by atoms with Gasteiger partial charge < -0.3 is 4.74 Å². The van der Waals surface area contributed by atoms with Gasteiger partial charge in [0.15, 0.2) is 0 Å². The van der Waals surface area contributed by atoms with Crippen molar-refractivity contribution in [3.8, 4) is 0 Å². The second kappa shape index (κ2) is 6.23. The lowest BCUT2D eigenvalue weighted by Crippen LogP contribution is -2.45. The molecule has 0 aromatic heterocycles. The zero-order valence-corrected chi connectivity index (χ0v) is 14.2. The second-order valence-corrected chi connectivity index (χ2v) is 7.30. The highest BCUT2D eigenvalue weighted by Crippen LogP contribution is 2.42. The second-order valence-electron chi connectivity index (χ2n) is 7.30. The molecule has 2 unspecified atom stereocenters. The molecule has 3 nitrogen and oxygen atoms in total. The predicted molar refractivity (Wildman–Crippen MR) is 92.1 cm³/mol. The van der Waals surface area contributed by atoms with Crippen molar-refractivity contribution in [3.05, 3.63) is 59.7 Å². The van der Waals surface area contributed by atoms with Crippen molar-refractivity contribution in [2.24, 2.45) is 5.92 Å². The highest BCUT2D eigenvalue weighted by Gasteiger charge is 2.38. The number of rotatable bonds is 1. The van der Waals surface area contributed by atoms with Gasteiger partial charge in [0.05, 0.1) is 6.04 Å². The van der Waals surface area contributed by atoms with Crippen LogP contribution in [0.15, 0.2) is 54.1 Å². The molecule has 0 spiro atoms. The molecular formula is C20H25NO2. The third-order valence-electron chi connectivity index (χ3n) is 4.41. The average molecular weight is 311 g/mol. The first kappa shape index (κ1) is 15.9. The summed E-state index contributed by atoms with van der Waals surface area (Å²) in [5, 5.41) is 0. The van der Waals surface area contributed by atoms with Crippen molar-refractivity contribution >= 4 is 6.09 Å². The van der Waals surface area contributed by atoms with Crippen LogP contribution in [0.25, 0.3) is 0 Å². The Hall–Kier alpha value is -2.03. The lowest BCUT2D eigenvalue weighted by atomic mass is 9.78. The van der Waals surface area contributed by atoms with E-state index in [4.69, 9.17) is 4.74 Å². The van der Waals surface area contributed by atoms with Gasteiger partial charge in [-0.1, -0.05) is 48.6 Å². The van der Waals surface area contributed by atoms with Crippen molar-refractivity contribution in [1.82, 2.24) is 4.90 Å². The molecule has 1 aromatic carbocycles. The lowest BCUT2D eigenvalue weighted by Gasteiger charge is -2.43. The third-order valence-corrected chi connectivity index (χ3v) is 4.41. The first-order valence-electron chi connectivity index (χ1n) is 8.37. The van der Waals surface area contributed by atoms with Gasteiger partial charge >= 0.3 is 6.09 Å². The van der Waals surface area contributed by atoms with Crippen LogP contribution < -0.4 is 0 Å². The van der Waals surface area contributed by atoms with Crippen molar-refractivity contribution in [1.29, 1.82) is 0 Å². The standard InChI is InChI=1S/C20H25NO2/c1-20(2,3)23-19(22)21-14-13-15-9-7-8-12-17(15)18(21)16-10-5-4-6-11-16/h4-8,10-12,15,18H,9,13-14H2,1-3H3. The van der Waals surface area contributed by atoms with E-state index in [1.54, 1.807) is 0 Å². The van der Waals surface area contributed by atoms with Crippen molar-refractivity contribution in [3.63, 3.8) is 0 Å². The van der Waals surface area contributed by atoms with E-state index in [0.29, 0.717) is 5.92 Å².